The lowest BCUT2D eigenvalue weighted by atomic mass is 9.81. The molecule has 0 spiro atoms. The number of hydrogen-bond donors (Lipinski definition) is 3. The summed E-state index contributed by atoms with van der Waals surface area (Å²) in [5.74, 6) is -1.31. The Morgan fingerprint density at radius 3 is 2.68 bits per heavy atom. The van der Waals surface area contributed by atoms with E-state index < -0.39 is 11.5 Å². The number of amides is 1. The van der Waals surface area contributed by atoms with Gasteiger partial charge in [-0.15, -0.1) is 0 Å². The number of carboxylic acid groups (broad SMARTS) is 1. The Morgan fingerprint density at radius 1 is 1.27 bits per heavy atom. The van der Waals surface area contributed by atoms with Gasteiger partial charge in [-0.1, -0.05) is 19.3 Å². The van der Waals surface area contributed by atoms with Crippen molar-refractivity contribution in [2.75, 3.05) is 0 Å². The molecule has 22 heavy (non-hydrogen) atoms. The van der Waals surface area contributed by atoms with Crippen LogP contribution in [0, 0.1) is 6.92 Å². The first-order chi connectivity index (χ1) is 10.5. The normalized spacial score (nSPS) is 17.3. The smallest absolute Gasteiger partial charge is 0.329 e. The third-order valence-electron chi connectivity index (χ3n) is 4.41. The molecule has 0 radical (unpaired) electrons. The number of carboxylic acids is 1. The predicted molar refractivity (Wildman–Crippen MR) is 81.7 cm³/mol. The second-order valence-corrected chi connectivity index (χ2v) is 6.05. The quantitative estimate of drug-likeness (QED) is 0.811. The lowest BCUT2D eigenvalue weighted by molar-refractivity contribution is -0.145. The van der Waals surface area contributed by atoms with Crippen LogP contribution in [0.15, 0.2) is 18.3 Å². The Bertz CT molecular complexity index is 729. The van der Waals surface area contributed by atoms with Gasteiger partial charge in [0.2, 0.25) is 0 Å². The third kappa shape index (κ3) is 2.45. The molecule has 6 nitrogen and oxygen atoms in total. The van der Waals surface area contributed by atoms with Crippen LogP contribution in [0.25, 0.3) is 10.9 Å². The first kappa shape index (κ1) is 14.6. The summed E-state index contributed by atoms with van der Waals surface area (Å²) in [7, 11) is 0. The molecule has 116 valence electrons. The zero-order chi connectivity index (χ0) is 15.7. The van der Waals surface area contributed by atoms with E-state index in [0.29, 0.717) is 23.9 Å². The van der Waals surface area contributed by atoms with Crippen molar-refractivity contribution in [1.29, 1.82) is 0 Å². The van der Waals surface area contributed by atoms with Crippen LogP contribution in [0.1, 0.15) is 48.0 Å². The minimum atomic E-state index is -1.15. The maximum atomic E-state index is 12.7. The van der Waals surface area contributed by atoms with Gasteiger partial charge >= 0.3 is 5.97 Å². The van der Waals surface area contributed by atoms with Crippen molar-refractivity contribution in [3.05, 3.63) is 29.5 Å². The summed E-state index contributed by atoms with van der Waals surface area (Å²) in [6.07, 6.45) is 5.27. The zero-order valence-corrected chi connectivity index (χ0v) is 12.5. The average Bonchev–Trinajstić information content (AvgIpc) is 2.95. The van der Waals surface area contributed by atoms with Crippen LogP contribution in [-0.2, 0) is 4.79 Å². The highest BCUT2D eigenvalue weighted by Crippen LogP contribution is 2.29. The van der Waals surface area contributed by atoms with Gasteiger partial charge in [0, 0.05) is 5.39 Å². The molecule has 1 heterocycles. The molecular formula is C16H19N3O3. The number of aromatic amines is 1. The van der Waals surface area contributed by atoms with Crippen LogP contribution in [0.2, 0.25) is 0 Å². The van der Waals surface area contributed by atoms with Gasteiger partial charge in [-0.2, -0.15) is 5.10 Å². The summed E-state index contributed by atoms with van der Waals surface area (Å²) in [6, 6.07) is 3.69. The van der Waals surface area contributed by atoms with E-state index in [1.165, 1.54) is 0 Å². The first-order valence-electron chi connectivity index (χ1n) is 7.51. The Balaban J connectivity index is 1.95. The second kappa shape index (κ2) is 5.44. The molecule has 1 fully saturated rings. The zero-order valence-electron chi connectivity index (χ0n) is 12.5. The minimum absolute atomic E-state index is 0.359. The van der Waals surface area contributed by atoms with Gasteiger partial charge in [0.1, 0.15) is 5.54 Å². The highest BCUT2D eigenvalue weighted by molar-refractivity contribution is 6.07. The molecule has 0 saturated heterocycles. The molecule has 1 aromatic heterocycles. The molecule has 2 aromatic rings. The first-order valence-corrected chi connectivity index (χ1v) is 7.51. The fourth-order valence-electron chi connectivity index (χ4n) is 3.22. The number of hydrogen-bond acceptors (Lipinski definition) is 3. The highest BCUT2D eigenvalue weighted by atomic mass is 16.4. The van der Waals surface area contributed by atoms with Gasteiger partial charge in [-0.3, -0.25) is 9.89 Å². The molecule has 0 unspecified atom stereocenters. The number of fused-ring (bicyclic) bond motifs is 1. The number of H-pyrrole nitrogens is 1. The maximum absolute atomic E-state index is 12.7. The SMILES string of the molecule is Cc1cc(C(=O)NC2(C(=O)O)CCCCC2)c2[nH]ncc2c1. The minimum Gasteiger partial charge on any atom is -0.480 e. The fraction of sp³-hybridized carbons (Fsp3) is 0.438. The lowest BCUT2D eigenvalue weighted by Crippen LogP contribution is -2.55. The summed E-state index contributed by atoms with van der Waals surface area (Å²) in [4.78, 5) is 24.4. The Kier molecular flexibility index (Phi) is 3.60. The molecule has 1 aliphatic rings. The van der Waals surface area contributed by atoms with Crippen molar-refractivity contribution in [3.63, 3.8) is 0 Å². The Morgan fingerprint density at radius 2 is 2.00 bits per heavy atom. The fourth-order valence-corrected chi connectivity index (χ4v) is 3.22. The molecule has 1 amide bonds. The van der Waals surface area contributed by atoms with Gasteiger partial charge in [0.05, 0.1) is 17.3 Å². The van der Waals surface area contributed by atoms with Gasteiger partial charge in [-0.25, -0.2) is 4.79 Å². The largest absolute Gasteiger partial charge is 0.480 e. The molecule has 0 atom stereocenters. The molecule has 1 aromatic carbocycles. The van der Waals surface area contributed by atoms with Gasteiger partial charge in [0.15, 0.2) is 0 Å². The van der Waals surface area contributed by atoms with Crippen molar-refractivity contribution in [2.24, 2.45) is 0 Å². The number of aromatic nitrogens is 2. The van der Waals surface area contributed by atoms with Crippen LogP contribution >= 0.6 is 0 Å². The van der Waals surface area contributed by atoms with Crippen LogP contribution in [0.3, 0.4) is 0 Å². The van der Waals surface area contributed by atoms with E-state index >= 15 is 0 Å². The molecule has 6 heteroatoms. The molecule has 1 saturated carbocycles. The number of carbonyl (C=O) groups is 2. The summed E-state index contributed by atoms with van der Waals surface area (Å²) < 4.78 is 0. The van der Waals surface area contributed by atoms with E-state index in [1.54, 1.807) is 12.3 Å². The number of rotatable bonds is 3. The molecule has 3 N–H and O–H groups in total. The van der Waals surface area contributed by atoms with Crippen molar-refractivity contribution in [2.45, 2.75) is 44.6 Å². The Labute approximate surface area is 127 Å². The molecule has 0 aliphatic heterocycles. The van der Waals surface area contributed by atoms with Crippen molar-refractivity contribution >= 4 is 22.8 Å². The number of aryl methyl sites for hydroxylation is 1. The van der Waals surface area contributed by atoms with E-state index in [4.69, 9.17) is 0 Å². The number of nitrogens with one attached hydrogen (secondary N) is 2. The topological polar surface area (TPSA) is 95.1 Å². The van der Waals surface area contributed by atoms with E-state index in [1.807, 2.05) is 13.0 Å². The average molecular weight is 301 g/mol. The Hall–Kier alpha value is -2.37. The van der Waals surface area contributed by atoms with Crippen molar-refractivity contribution in [1.82, 2.24) is 15.5 Å². The van der Waals surface area contributed by atoms with Crippen molar-refractivity contribution < 1.29 is 14.7 Å². The van der Waals surface area contributed by atoms with Crippen LogP contribution in [0.4, 0.5) is 0 Å². The van der Waals surface area contributed by atoms with E-state index in [0.717, 1.165) is 30.2 Å². The number of aliphatic carboxylic acids is 1. The number of benzene rings is 1. The molecule has 0 bridgehead atoms. The number of carbonyl (C=O) groups excluding carboxylic acids is 1. The van der Waals surface area contributed by atoms with Crippen LogP contribution in [0.5, 0.6) is 0 Å². The van der Waals surface area contributed by atoms with Gasteiger partial charge in [0.25, 0.3) is 5.91 Å². The summed E-state index contributed by atoms with van der Waals surface area (Å²) in [5, 5.41) is 20.0. The lowest BCUT2D eigenvalue weighted by Gasteiger charge is -2.34. The van der Waals surface area contributed by atoms with E-state index in [-0.39, 0.29) is 5.91 Å². The van der Waals surface area contributed by atoms with Gasteiger partial charge < -0.3 is 10.4 Å². The van der Waals surface area contributed by atoms with E-state index in [9.17, 15) is 14.7 Å². The summed E-state index contributed by atoms with van der Waals surface area (Å²) in [5.41, 5.74) is 0.871. The predicted octanol–water partition coefficient (Wildman–Crippen LogP) is 2.39. The van der Waals surface area contributed by atoms with Crippen LogP contribution in [-0.4, -0.2) is 32.7 Å². The van der Waals surface area contributed by atoms with E-state index in [2.05, 4.69) is 15.5 Å². The van der Waals surface area contributed by atoms with Crippen molar-refractivity contribution in [3.8, 4) is 0 Å². The molecule has 3 rings (SSSR count). The number of nitrogens with zero attached hydrogens (tertiary/aromatic N) is 1. The summed E-state index contributed by atoms with van der Waals surface area (Å²) in [6.45, 7) is 1.90. The second-order valence-electron chi connectivity index (χ2n) is 6.05. The standard InChI is InChI=1S/C16H19N3O3/c1-10-7-11-9-17-19-13(11)12(8-10)14(20)18-16(15(21)22)5-3-2-4-6-16/h7-9H,2-6H2,1H3,(H,17,19)(H,18,20)(H,21,22). The van der Waals surface area contributed by atoms with Gasteiger partial charge in [-0.05, 0) is 37.5 Å². The third-order valence-corrected chi connectivity index (χ3v) is 4.41. The molecular weight excluding hydrogens is 282 g/mol. The monoisotopic (exact) mass is 301 g/mol. The summed E-state index contributed by atoms with van der Waals surface area (Å²) >= 11 is 0. The van der Waals surface area contributed by atoms with Crippen LogP contribution < -0.4 is 5.32 Å². The highest BCUT2D eigenvalue weighted by Gasteiger charge is 2.41. The maximum Gasteiger partial charge on any atom is 0.329 e. The molecule has 1 aliphatic carbocycles.